The lowest BCUT2D eigenvalue weighted by atomic mass is 9.96. The van der Waals surface area contributed by atoms with Crippen molar-refractivity contribution in [3.8, 4) is 5.75 Å². The molecule has 2 rings (SSSR count). The fraction of sp³-hybridized carbons (Fsp3) is 0.450. The molecule has 6 heteroatoms. The molecule has 1 heterocycles. The Morgan fingerprint density at radius 3 is 2.58 bits per heavy atom. The second-order valence-corrected chi connectivity index (χ2v) is 6.76. The zero-order valence-electron chi connectivity index (χ0n) is 15.3. The summed E-state index contributed by atoms with van der Waals surface area (Å²) in [6, 6.07) is 5.27. The van der Waals surface area contributed by atoms with Crippen LogP contribution in [0.4, 0.5) is 5.69 Å². The second kappa shape index (κ2) is 9.17. The van der Waals surface area contributed by atoms with Gasteiger partial charge in [-0.1, -0.05) is 32.8 Å². The maximum Gasteiger partial charge on any atom is 0.253 e. The molecule has 0 saturated heterocycles. The zero-order chi connectivity index (χ0) is 19.1. The minimum absolute atomic E-state index is 0.0272. The van der Waals surface area contributed by atoms with E-state index in [4.69, 9.17) is 0 Å². The average molecular weight is 358 g/mol. The molecule has 3 amide bonds. The highest BCUT2D eigenvalue weighted by atomic mass is 16.3. The smallest absolute Gasteiger partial charge is 0.253 e. The van der Waals surface area contributed by atoms with E-state index in [1.165, 1.54) is 12.2 Å². The molecule has 0 aromatic heterocycles. The Morgan fingerprint density at radius 1 is 1.23 bits per heavy atom. The molecular weight excluding hydrogens is 332 g/mol. The predicted octanol–water partition coefficient (Wildman–Crippen LogP) is 3.01. The fourth-order valence-electron chi connectivity index (χ4n) is 3.07. The van der Waals surface area contributed by atoms with Crippen molar-refractivity contribution in [3.05, 3.63) is 35.9 Å². The Kier molecular flexibility index (Phi) is 6.95. The van der Waals surface area contributed by atoms with Crippen LogP contribution in [0.3, 0.4) is 0 Å². The third-order valence-electron chi connectivity index (χ3n) is 4.39. The number of amides is 3. The van der Waals surface area contributed by atoms with Gasteiger partial charge in [-0.15, -0.1) is 0 Å². The van der Waals surface area contributed by atoms with Crippen LogP contribution >= 0.6 is 0 Å². The molecule has 1 aliphatic heterocycles. The van der Waals surface area contributed by atoms with Crippen LogP contribution in [-0.2, 0) is 20.8 Å². The molecule has 2 N–H and O–H groups in total. The highest BCUT2D eigenvalue weighted by Crippen LogP contribution is 2.26. The van der Waals surface area contributed by atoms with Crippen molar-refractivity contribution in [3.63, 3.8) is 0 Å². The van der Waals surface area contributed by atoms with E-state index < -0.39 is 0 Å². The number of carbonyl (C=O) groups excluding carboxylic acids is 3. The van der Waals surface area contributed by atoms with Crippen molar-refractivity contribution >= 4 is 23.4 Å². The SMILES string of the molecule is CCC[C@@H](C)Cc1ccc(O)c(NC(=O)CCCN2C(=O)C=CC2=O)c1. The standard InChI is InChI=1S/C20H26N2O4/c1-3-5-14(2)12-15-7-8-17(23)16(13-15)21-18(24)6-4-11-22-19(25)9-10-20(22)26/h7-10,13-14,23H,3-6,11-12H2,1-2H3,(H,21,24)/t14-/m1/s1. The van der Waals surface area contributed by atoms with Gasteiger partial charge in [-0.3, -0.25) is 19.3 Å². The Balaban J connectivity index is 1.85. The van der Waals surface area contributed by atoms with Crippen molar-refractivity contribution in [2.75, 3.05) is 11.9 Å². The summed E-state index contributed by atoms with van der Waals surface area (Å²) in [6.07, 6.45) is 6.14. The van der Waals surface area contributed by atoms with Crippen LogP contribution in [0.5, 0.6) is 5.75 Å². The molecule has 26 heavy (non-hydrogen) atoms. The molecule has 0 radical (unpaired) electrons. The predicted molar refractivity (Wildman–Crippen MR) is 99.6 cm³/mol. The van der Waals surface area contributed by atoms with E-state index in [1.807, 2.05) is 6.07 Å². The van der Waals surface area contributed by atoms with E-state index in [0.717, 1.165) is 29.7 Å². The number of nitrogens with zero attached hydrogens (tertiary/aromatic N) is 1. The molecule has 6 nitrogen and oxygen atoms in total. The van der Waals surface area contributed by atoms with Crippen molar-refractivity contribution in [2.24, 2.45) is 5.92 Å². The summed E-state index contributed by atoms with van der Waals surface area (Å²) >= 11 is 0. The number of phenolic OH excluding ortho intramolecular Hbond substituents is 1. The normalized spacial score (nSPS) is 14.8. The minimum Gasteiger partial charge on any atom is -0.506 e. The first-order valence-corrected chi connectivity index (χ1v) is 9.06. The van der Waals surface area contributed by atoms with Crippen LogP contribution in [0.15, 0.2) is 30.4 Å². The van der Waals surface area contributed by atoms with Crippen molar-refractivity contribution in [1.29, 1.82) is 0 Å². The van der Waals surface area contributed by atoms with Gasteiger partial charge in [-0.25, -0.2) is 0 Å². The lowest BCUT2D eigenvalue weighted by Crippen LogP contribution is -2.31. The molecular formula is C20H26N2O4. The van der Waals surface area contributed by atoms with Crippen LogP contribution < -0.4 is 5.32 Å². The summed E-state index contributed by atoms with van der Waals surface area (Å²) in [4.78, 5) is 36.1. The molecule has 0 saturated carbocycles. The molecule has 0 unspecified atom stereocenters. The second-order valence-electron chi connectivity index (χ2n) is 6.76. The Morgan fingerprint density at radius 2 is 1.92 bits per heavy atom. The highest BCUT2D eigenvalue weighted by Gasteiger charge is 2.22. The molecule has 1 aromatic carbocycles. The first-order valence-electron chi connectivity index (χ1n) is 9.06. The quantitative estimate of drug-likeness (QED) is 0.525. The van der Waals surface area contributed by atoms with Gasteiger partial charge in [0, 0.05) is 25.1 Å². The van der Waals surface area contributed by atoms with E-state index in [0.29, 0.717) is 18.0 Å². The number of carbonyl (C=O) groups is 3. The molecule has 1 aromatic rings. The number of hydrogen-bond acceptors (Lipinski definition) is 4. The van der Waals surface area contributed by atoms with Crippen LogP contribution in [-0.4, -0.2) is 34.3 Å². The first-order chi connectivity index (χ1) is 12.4. The van der Waals surface area contributed by atoms with Gasteiger partial charge in [0.1, 0.15) is 5.75 Å². The molecule has 140 valence electrons. The molecule has 0 bridgehead atoms. The van der Waals surface area contributed by atoms with Crippen molar-refractivity contribution in [1.82, 2.24) is 4.90 Å². The van der Waals surface area contributed by atoms with Gasteiger partial charge in [-0.2, -0.15) is 0 Å². The summed E-state index contributed by atoms with van der Waals surface area (Å²) in [5.41, 5.74) is 1.46. The minimum atomic E-state index is -0.345. The maximum atomic E-state index is 12.1. The first kappa shape index (κ1) is 19.7. The van der Waals surface area contributed by atoms with E-state index in [1.54, 1.807) is 12.1 Å². The van der Waals surface area contributed by atoms with Gasteiger partial charge < -0.3 is 10.4 Å². The lowest BCUT2D eigenvalue weighted by Gasteiger charge is -2.14. The summed E-state index contributed by atoms with van der Waals surface area (Å²) < 4.78 is 0. The average Bonchev–Trinajstić information content (AvgIpc) is 2.90. The van der Waals surface area contributed by atoms with E-state index in [2.05, 4.69) is 19.2 Å². The summed E-state index contributed by atoms with van der Waals surface area (Å²) in [5, 5.41) is 12.7. The molecule has 0 fully saturated rings. The topological polar surface area (TPSA) is 86.7 Å². The fourth-order valence-corrected chi connectivity index (χ4v) is 3.07. The zero-order valence-corrected chi connectivity index (χ0v) is 15.3. The Labute approximate surface area is 153 Å². The number of anilines is 1. The lowest BCUT2D eigenvalue weighted by molar-refractivity contribution is -0.137. The van der Waals surface area contributed by atoms with Gasteiger partial charge >= 0.3 is 0 Å². The Bertz CT molecular complexity index is 694. The van der Waals surface area contributed by atoms with Crippen LogP contribution in [0, 0.1) is 5.92 Å². The number of rotatable bonds is 9. The number of aromatic hydroxyl groups is 1. The van der Waals surface area contributed by atoms with E-state index in [9.17, 15) is 19.5 Å². The van der Waals surface area contributed by atoms with Crippen LogP contribution in [0.2, 0.25) is 0 Å². The maximum absolute atomic E-state index is 12.1. The highest BCUT2D eigenvalue weighted by molar-refractivity contribution is 6.12. The van der Waals surface area contributed by atoms with E-state index >= 15 is 0 Å². The van der Waals surface area contributed by atoms with Crippen LogP contribution in [0.25, 0.3) is 0 Å². The monoisotopic (exact) mass is 358 g/mol. The van der Waals surface area contributed by atoms with Crippen LogP contribution in [0.1, 0.15) is 45.1 Å². The number of hydrogen-bond donors (Lipinski definition) is 2. The summed E-state index contributed by atoms with van der Waals surface area (Å²) in [6.45, 7) is 4.54. The summed E-state index contributed by atoms with van der Waals surface area (Å²) in [7, 11) is 0. The molecule has 1 atom stereocenters. The number of imide groups is 1. The summed E-state index contributed by atoms with van der Waals surface area (Å²) in [5.74, 6) is -0.383. The molecule has 0 aliphatic carbocycles. The molecule has 1 aliphatic rings. The van der Waals surface area contributed by atoms with Crippen molar-refractivity contribution < 1.29 is 19.5 Å². The van der Waals surface area contributed by atoms with Gasteiger partial charge in [-0.05, 0) is 36.5 Å². The largest absolute Gasteiger partial charge is 0.506 e. The van der Waals surface area contributed by atoms with Gasteiger partial charge in [0.25, 0.3) is 11.8 Å². The number of nitrogens with one attached hydrogen (secondary N) is 1. The van der Waals surface area contributed by atoms with E-state index in [-0.39, 0.29) is 36.4 Å². The third-order valence-corrected chi connectivity index (χ3v) is 4.39. The van der Waals surface area contributed by atoms with Gasteiger partial charge in [0.05, 0.1) is 5.69 Å². The van der Waals surface area contributed by atoms with Crippen molar-refractivity contribution in [2.45, 2.75) is 46.0 Å². The Hall–Kier alpha value is -2.63. The number of phenols is 1. The third kappa shape index (κ3) is 5.44. The van der Waals surface area contributed by atoms with Gasteiger partial charge in [0.2, 0.25) is 5.91 Å². The number of benzene rings is 1. The molecule has 0 spiro atoms. The van der Waals surface area contributed by atoms with Gasteiger partial charge in [0.15, 0.2) is 0 Å².